The average molecular weight is 494 g/mol. The zero-order chi connectivity index (χ0) is 19.3. The van der Waals surface area contributed by atoms with E-state index in [-0.39, 0.29) is 28.9 Å². The Hall–Kier alpha value is -1.81. The minimum absolute atomic E-state index is 0.0371. The lowest BCUT2D eigenvalue weighted by atomic mass is 10.1. The summed E-state index contributed by atoms with van der Waals surface area (Å²) in [6, 6.07) is 7.12. The molecule has 0 bridgehead atoms. The summed E-state index contributed by atoms with van der Waals surface area (Å²) in [5.74, 6) is -0.372. The van der Waals surface area contributed by atoms with Crippen molar-refractivity contribution in [2.45, 2.75) is 23.8 Å². The maximum absolute atomic E-state index is 13.5. The summed E-state index contributed by atoms with van der Waals surface area (Å²) in [4.78, 5) is 27.6. The number of benzene rings is 1. The lowest BCUT2D eigenvalue weighted by Crippen LogP contribution is -2.23. The van der Waals surface area contributed by atoms with E-state index in [9.17, 15) is 18.4 Å². The standard InChI is InChI=1S/C17H15ClF2IN3O2/c1-2-15(25)24-14-8-11(5-6-22-14)16(26)23-9-10-3-4-13(18)12(7-10)17(19,20)21/h3-8H,2,9H2,1H3,(H,23,26)(H,22,24,25). The summed E-state index contributed by atoms with van der Waals surface area (Å²) in [7, 11) is 0. The fourth-order valence-electron chi connectivity index (χ4n) is 2.06. The predicted molar refractivity (Wildman–Crippen MR) is 104 cm³/mol. The van der Waals surface area contributed by atoms with Gasteiger partial charge in [0.2, 0.25) is 5.91 Å². The van der Waals surface area contributed by atoms with E-state index in [1.807, 2.05) is 0 Å². The molecule has 138 valence electrons. The van der Waals surface area contributed by atoms with E-state index >= 15 is 0 Å². The van der Waals surface area contributed by atoms with Crippen LogP contribution in [0.1, 0.15) is 34.8 Å². The van der Waals surface area contributed by atoms with Crippen LogP contribution < -0.4 is 10.6 Å². The highest BCUT2D eigenvalue weighted by atomic mass is 127. The molecule has 2 amide bonds. The van der Waals surface area contributed by atoms with Gasteiger partial charge in [0.15, 0.2) is 0 Å². The van der Waals surface area contributed by atoms with Crippen LogP contribution >= 0.6 is 34.2 Å². The highest BCUT2D eigenvalue weighted by Gasteiger charge is 2.29. The maximum atomic E-state index is 13.5. The largest absolute Gasteiger partial charge is 0.348 e. The molecule has 0 spiro atoms. The number of carbonyl (C=O) groups excluding carboxylic acids is 2. The van der Waals surface area contributed by atoms with Gasteiger partial charge in [0.05, 0.1) is 5.02 Å². The second kappa shape index (κ2) is 8.72. The summed E-state index contributed by atoms with van der Waals surface area (Å²) >= 11 is 6.80. The van der Waals surface area contributed by atoms with Crippen molar-refractivity contribution in [2.24, 2.45) is 0 Å². The third-order valence-electron chi connectivity index (χ3n) is 3.40. The highest BCUT2D eigenvalue weighted by Crippen LogP contribution is 2.39. The molecule has 0 atom stereocenters. The van der Waals surface area contributed by atoms with Gasteiger partial charge in [0.1, 0.15) is 5.82 Å². The van der Waals surface area contributed by atoms with E-state index in [0.717, 1.165) is 22.6 Å². The molecule has 1 heterocycles. The van der Waals surface area contributed by atoms with Crippen molar-refractivity contribution in [1.82, 2.24) is 10.3 Å². The van der Waals surface area contributed by atoms with E-state index in [1.165, 1.54) is 30.5 Å². The van der Waals surface area contributed by atoms with Crippen LogP contribution in [0.2, 0.25) is 5.02 Å². The van der Waals surface area contributed by atoms with Crippen molar-refractivity contribution in [2.75, 3.05) is 5.32 Å². The topological polar surface area (TPSA) is 71.1 Å². The van der Waals surface area contributed by atoms with Crippen molar-refractivity contribution in [3.63, 3.8) is 0 Å². The number of hydrogen-bond donors (Lipinski definition) is 2. The summed E-state index contributed by atoms with van der Waals surface area (Å²) in [5.41, 5.74) is 0.474. The van der Waals surface area contributed by atoms with Crippen LogP contribution in [0.3, 0.4) is 0 Å². The lowest BCUT2D eigenvalue weighted by molar-refractivity contribution is -0.115. The normalized spacial score (nSPS) is 11.1. The first-order chi connectivity index (χ1) is 12.2. The summed E-state index contributed by atoms with van der Waals surface area (Å²) < 4.78 is 23.9. The zero-order valence-electron chi connectivity index (χ0n) is 13.7. The quantitative estimate of drug-likeness (QED) is 0.460. The van der Waals surface area contributed by atoms with E-state index in [1.54, 1.807) is 13.0 Å². The summed E-state index contributed by atoms with van der Waals surface area (Å²) in [5, 5.41) is 5.16. The zero-order valence-corrected chi connectivity index (χ0v) is 16.6. The number of aromatic nitrogens is 1. The number of carbonyl (C=O) groups is 2. The van der Waals surface area contributed by atoms with Gasteiger partial charge in [-0.15, -0.1) is 0 Å². The van der Waals surface area contributed by atoms with Gasteiger partial charge in [-0.25, -0.2) is 4.98 Å². The summed E-state index contributed by atoms with van der Waals surface area (Å²) in [6.45, 7) is 1.75. The fraction of sp³-hybridized carbons (Fsp3) is 0.235. The first kappa shape index (κ1) is 20.5. The number of alkyl halides is 3. The van der Waals surface area contributed by atoms with Crippen LogP contribution in [0.5, 0.6) is 0 Å². The number of rotatable bonds is 6. The Morgan fingerprint density at radius 2 is 2.00 bits per heavy atom. The number of nitrogens with one attached hydrogen (secondary N) is 2. The Morgan fingerprint density at radius 1 is 1.27 bits per heavy atom. The van der Waals surface area contributed by atoms with Gasteiger partial charge in [-0.3, -0.25) is 9.59 Å². The van der Waals surface area contributed by atoms with Crippen molar-refractivity contribution in [3.8, 4) is 0 Å². The van der Waals surface area contributed by atoms with Gasteiger partial charge < -0.3 is 10.6 Å². The van der Waals surface area contributed by atoms with E-state index in [0.29, 0.717) is 17.5 Å². The van der Waals surface area contributed by atoms with Crippen molar-refractivity contribution < 1.29 is 18.4 Å². The molecule has 2 rings (SSSR count). The molecule has 5 nitrogen and oxygen atoms in total. The Labute approximate surface area is 167 Å². The highest BCUT2D eigenvalue weighted by molar-refractivity contribution is 14.1. The molecular formula is C17H15ClF2IN3O2. The van der Waals surface area contributed by atoms with E-state index < -0.39 is 9.84 Å². The Balaban J connectivity index is 2.07. The molecule has 0 aliphatic carbocycles. The first-order valence-corrected chi connectivity index (χ1v) is 9.06. The smallest absolute Gasteiger partial charge is 0.323 e. The van der Waals surface area contributed by atoms with E-state index in [4.69, 9.17) is 11.6 Å². The van der Waals surface area contributed by atoms with Crippen LogP contribution in [0.25, 0.3) is 0 Å². The van der Waals surface area contributed by atoms with Crippen molar-refractivity contribution in [1.29, 1.82) is 0 Å². The average Bonchev–Trinajstić information content (AvgIpc) is 2.59. The number of amides is 2. The molecule has 9 heteroatoms. The molecule has 2 N–H and O–H groups in total. The van der Waals surface area contributed by atoms with Crippen LogP contribution in [0.15, 0.2) is 36.5 Å². The molecular weight excluding hydrogens is 479 g/mol. The molecule has 0 saturated carbocycles. The molecule has 0 aliphatic rings. The minimum Gasteiger partial charge on any atom is -0.348 e. The number of anilines is 1. The van der Waals surface area contributed by atoms with Crippen LogP contribution in [0.4, 0.5) is 14.6 Å². The Morgan fingerprint density at radius 3 is 2.65 bits per heavy atom. The van der Waals surface area contributed by atoms with Crippen LogP contribution in [-0.4, -0.2) is 16.8 Å². The molecule has 26 heavy (non-hydrogen) atoms. The lowest BCUT2D eigenvalue weighted by Gasteiger charge is -2.13. The molecule has 0 saturated heterocycles. The van der Waals surface area contributed by atoms with Crippen LogP contribution in [-0.2, 0) is 15.3 Å². The van der Waals surface area contributed by atoms with Gasteiger partial charge in [-0.1, -0.05) is 24.6 Å². The van der Waals surface area contributed by atoms with Gasteiger partial charge >= 0.3 is 3.93 Å². The number of halogens is 4. The van der Waals surface area contributed by atoms with E-state index in [2.05, 4.69) is 15.6 Å². The van der Waals surface area contributed by atoms with Gasteiger partial charge in [-0.2, -0.15) is 8.78 Å². The number of hydrogen-bond acceptors (Lipinski definition) is 3. The fourth-order valence-corrected chi connectivity index (χ4v) is 2.90. The second-order valence-electron chi connectivity index (χ2n) is 5.33. The SMILES string of the molecule is CCC(=O)Nc1cc(C(=O)NCc2ccc(Cl)c(C(F)(F)I)c2)ccn1. The Bertz CT molecular complexity index is 828. The number of nitrogens with zero attached hydrogens (tertiary/aromatic N) is 1. The summed E-state index contributed by atoms with van der Waals surface area (Å²) in [6.07, 6.45) is 1.69. The first-order valence-electron chi connectivity index (χ1n) is 7.60. The Kier molecular flexibility index (Phi) is 6.87. The van der Waals surface area contributed by atoms with Gasteiger partial charge in [0, 0.05) is 52.9 Å². The molecule has 0 radical (unpaired) electrons. The molecule has 1 aromatic carbocycles. The molecule has 2 aromatic rings. The third-order valence-corrected chi connectivity index (χ3v) is 4.31. The van der Waals surface area contributed by atoms with Crippen molar-refractivity contribution in [3.05, 3.63) is 58.2 Å². The molecule has 0 fully saturated rings. The predicted octanol–water partition coefficient (Wildman–Crippen LogP) is 4.50. The monoisotopic (exact) mass is 493 g/mol. The van der Waals surface area contributed by atoms with Crippen LogP contribution in [0, 0.1) is 0 Å². The number of pyridine rings is 1. The molecule has 0 unspecified atom stereocenters. The van der Waals surface area contributed by atoms with Crippen molar-refractivity contribution >= 4 is 51.8 Å². The minimum atomic E-state index is -3.10. The maximum Gasteiger partial charge on any atom is 0.323 e. The molecule has 1 aromatic heterocycles. The third kappa shape index (κ3) is 5.60. The second-order valence-corrected chi connectivity index (χ2v) is 7.09. The van der Waals surface area contributed by atoms with Gasteiger partial charge in [0.25, 0.3) is 5.91 Å². The molecule has 0 aliphatic heterocycles. The van der Waals surface area contributed by atoms with Gasteiger partial charge in [-0.05, 0) is 29.8 Å².